The van der Waals surface area contributed by atoms with Crippen molar-refractivity contribution in [2.24, 2.45) is 11.8 Å². The Hall–Kier alpha value is -1.46. The fourth-order valence-corrected chi connectivity index (χ4v) is 4.54. The van der Waals surface area contributed by atoms with Gasteiger partial charge < -0.3 is 20.7 Å². The van der Waals surface area contributed by atoms with Crippen molar-refractivity contribution in [3.63, 3.8) is 0 Å². The third kappa shape index (κ3) is 5.29. The molecule has 150 valence electrons. The van der Waals surface area contributed by atoms with Gasteiger partial charge in [0, 0.05) is 18.7 Å². The Morgan fingerprint density at radius 1 is 1.30 bits per heavy atom. The smallest absolute Gasteiger partial charge is 0.255 e. The number of nitrogens with one attached hydrogen (secondary N) is 1. The molecule has 1 aliphatic carbocycles. The number of carbonyl (C=O) groups excluding carboxylic acids is 1. The molecule has 5 nitrogen and oxygen atoms in total. The summed E-state index contributed by atoms with van der Waals surface area (Å²) >= 11 is 6.11. The van der Waals surface area contributed by atoms with Crippen LogP contribution < -0.4 is 15.8 Å². The fraction of sp³-hybridized carbons (Fsp3) is 0.667. The van der Waals surface area contributed by atoms with Gasteiger partial charge in [-0.05, 0) is 63.1 Å². The summed E-state index contributed by atoms with van der Waals surface area (Å²) in [5, 5.41) is 3.57. The molecule has 1 saturated carbocycles. The fourth-order valence-electron chi connectivity index (χ4n) is 4.38. The molecule has 2 fully saturated rings. The molecule has 2 unspecified atom stereocenters. The third-order valence-corrected chi connectivity index (χ3v) is 6.40. The molecule has 3 rings (SSSR count). The second kappa shape index (κ2) is 9.16. The molecule has 0 aromatic heterocycles. The second-order valence-electron chi connectivity index (χ2n) is 8.26. The van der Waals surface area contributed by atoms with Crippen molar-refractivity contribution >= 4 is 23.2 Å². The molecule has 2 atom stereocenters. The quantitative estimate of drug-likeness (QED) is 0.743. The summed E-state index contributed by atoms with van der Waals surface area (Å²) in [5.74, 6) is 1.85. The predicted molar refractivity (Wildman–Crippen MR) is 110 cm³/mol. The van der Waals surface area contributed by atoms with Gasteiger partial charge in [0.1, 0.15) is 5.75 Å². The molecule has 0 spiro atoms. The van der Waals surface area contributed by atoms with E-state index < -0.39 is 0 Å². The molecular weight excluding hydrogens is 362 g/mol. The number of halogens is 1. The first-order valence-corrected chi connectivity index (χ1v) is 10.5. The number of hydrogen-bond donors (Lipinski definition) is 2. The van der Waals surface area contributed by atoms with Gasteiger partial charge in [-0.3, -0.25) is 4.79 Å². The van der Waals surface area contributed by atoms with E-state index in [1.165, 1.54) is 45.9 Å². The maximum atomic E-state index is 12.8. The van der Waals surface area contributed by atoms with Crippen molar-refractivity contribution in [1.29, 1.82) is 0 Å². The second-order valence-corrected chi connectivity index (χ2v) is 8.67. The average Bonchev–Trinajstić information content (AvgIpc) is 2.65. The molecule has 1 amide bonds. The van der Waals surface area contributed by atoms with Crippen LogP contribution in [-0.4, -0.2) is 43.6 Å². The highest BCUT2D eigenvalue weighted by molar-refractivity contribution is 6.33. The van der Waals surface area contributed by atoms with Crippen molar-refractivity contribution in [3.05, 3.63) is 22.7 Å². The predicted octanol–water partition coefficient (Wildman–Crippen LogP) is 3.95. The minimum Gasteiger partial charge on any atom is -0.496 e. The largest absolute Gasteiger partial charge is 0.496 e. The molecule has 27 heavy (non-hydrogen) atoms. The average molecular weight is 394 g/mol. The SMILES string of the molecule is COc1cc(N)c(Cl)cc1C(=O)NC1CCCC(CN2CCC(C)CC2)C1. The zero-order chi connectivity index (χ0) is 19.4. The van der Waals surface area contributed by atoms with E-state index in [1.807, 2.05) is 0 Å². The Labute approximate surface area is 167 Å². The number of hydrogen-bond acceptors (Lipinski definition) is 4. The van der Waals surface area contributed by atoms with Crippen LogP contribution in [0.4, 0.5) is 5.69 Å². The number of piperidine rings is 1. The molecule has 6 heteroatoms. The van der Waals surface area contributed by atoms with Crippen LogP contribution in [0.2, 0.25) is 5.02 Å². The van der Waals surface area contributed by atoms with Crippen molar-refractivity contribution in [2.45, 2.75) is 51.5 Å². The number of amides is 1. The van der Waals surface area contributed by atoms with E-state index in [1.54, 1.807) is 12.1 Å². The number of nitrogens with zero attached hydrogens (tertiary/aromatic N) is 1. The molecule has 1 aromatic carbocycles. The molecule has 0 radical (unpaired) electrons. The van der Waals surface area contributed by atoms with Crippen LogP contribution in [0.3, 0.4) is 0 Å². The maximum Gasteiger partial charge on any atom is 0.255 e. The normalized spacial score (nSPS) is 24.6. The van der Waals surface area contributed by atoms with Gasteiger partial charge in [0.15, 0.2) is 0 Å². The third-order valence-electron chi connectivity index (χ3n) is 6.07. The summed E-state index contributed by atoms with van der Waals surface area (Å²) in [6.07, 6.45) is 7.12. The summed E-state index contributed by atoms with van der Waals surface area (Å²) < 4.78 is 5.32. The van der Waals surface area contributed by atoms with Gasteiger partial charge in [-0.1, -0.05) is 24.9 Å². The highest BCUT2D eigenvalue weighted by atomic mass is 35.5. The Kier molecular flexibility index (Phi) is 6.88. The maximum absolute atomic E-state index is 12.8. The van der Waals surface area contributed by atoms with Crippen LogP contribution in [0.15, 0.2) is 12.1 Å². The lowest BCUT2D eigenvalue weighted by Gasteiger charge is -2.36. The minimum absolute atomic E-state index is 0.133. The van der Waals surface area contributed by atoms with Crippen LogP contribution in [0.5, 0.6) is 5.75 Å². The standard InChI is InChI=1S/C21H32ClN3O2/c1-14-6-8-25(9-7-14)13-15-4-3-5-16(10-15)24-21(26)17-11-18(22)19(23)12-20(17)27-2/h11-12,14-16H,3-10,13,23H2,1-2H3,(H,24,26). The van der Waals surface area contributed by atoms with E-state index in [2.05, 4.69) is 17.1 Å². The van der Waals surface area contributed by atoms with Crippen LogP contribution >= 0.6 is 11.6 Å². The van der Waals surface area contributed by atoms with Crippen molar-refractivity contribution in [3.8, 4) is 5.75 Å². The van der Waals surface area contributed by atoms with Gasteiger partial charge in [0.05, 0.1) is 23.4 Å². The van der Waals surface area contributed by atoms with Crippen LogP contribution in [0.25, 0.3) is 0 Å². The van der Waals surface area contributed by atoms with Crippen molar-refractivity contribution in [1.82, 2.24) is 10.2 Å². The first-order valence-electron chi connectivity index (χ1n) is 10.1. The zero-order valence-electron chi connectivity index (χ0n) is 16.5. The van der Waals surface area contributed by atoms with Crippen LogP contribution in [0.1, 0.15) is 55.8 Å². The topological polar surface area (TPSA) is 67.6 Å². The summed E-state index contributed by atoms with van der Waals surface area (Å²) in [7, 11) is 1.54. The lowest BCUT2D eigenvalue weighted by molar-refractivity contribution is 0.0902. The van der Waals surface area contributed by atoms with E-state index in [4.69, 9.17) is 22.1 Å². The van der Waals surface area contributed by atoms with Crippen LogP contribution in [0, 0.1) is 11.8 Å². The van der Waals surface area contributed by atoms with E-state index in [0.717, 1.165) is 25.3 Å². The summed E-state index contributed by atoms with van der Waals surface area (Å²) in [5.41, 5.74) is 6.68. The molecule has 1 saturated heterocycles. The first kappa shape index (κ1) is 20.3. The summed E-state index contributed by atoms with van der Waals surface area (Å²) in [6, 6.07) is 3.42. The van der Waals surface area contributed by atoms with Gasteiger partial charge in [-0.15, -0.1) is 0 Å². The number of nitrogen functional groups attached to an aromatic ring is 1. The molecule has 2 aliphatic rings. The van der Waals surface area contributed by atoms with Crippen molar-refractivity contribution in [2.75, 3.05) is 32.5 Å². The molecule has 1 heterocycles. The Morgan fingerprint density at radius 3 is 2.74 bits per heavy atom. The van der Waals surface area contributed by atoms with Crippen LogP contribution in [-0.2, 0) is 0 Å². The van der Waals surface area contributed by atoms with Gasteiger partial charge in [-0.25, -0.2) is 0 Å². The number of anilines is 1. The van der Waals surface area contributed by atoms with Gasteiger partial charge in [0.25, 0.3) is 5.91 Å². The first-order chi connectivity index (χ1) is 13.0. The lowest BCUT2D eigenvalue weighted by atomic mass is 9.84. The number of benzene rings is 1. The number of nitrogens with two attached hydrogens (primary N) is 1. The molecule has 3 N–H and O–H groups in total. The number of rotatable bonds is 5. The molecular formula is C21H32ClN3O2. The van der Waals surface area contributed by atoms with E-state index in [-0.39, 0.29) is 11.9 Å². The Morgan fingerprint density at radius 2 is 2.04 bits per heavy atom. The highest BCUT2D eigenvalue weighted by Gasteiger charge is 2.27. The number of carbonyl (C=O) groups is 1. The Bertz CT molecular complexity index is 659. The van der Waals surface area contributed by atoms with E-state index in [9.17, 15) is 4.79 Å². The number of methoxy groups -OCH3 is 1. The Balaban J connectivity index is 1.57. The summed E-state index contributed by atoms with van der Waals surface area (Å²) in [4.78, 5) is 15.4. The van der Waals surface area contributed by atoms with Gasteiger partial charge in [0.2, 0.25) is 0 Å². The number of ether oxygens (including phenoxy) is 1. The van der Waals surface area contributed by atoms with E-state index in [0.29, 0.717) is 27.9 Å². The van der Waals surface area contributed by atoms with Crippen molar-refractivity contribution < 1.29 is 9.53 Å². The minimum atomic E-state index is -0.133. The summed E-state index contributed by atoms with van der Waals surface area (Å²) in [6.45, 7) is 5.95. The molecule has 1 aliphatic heterocycles. The van der Waals surface area contributed by atoms with Gasteiger partial charge in [-0.2, -0.15) is 0 Å². The monoisotopic (exact) mass is 393 g/mol. The lowest BCUT2D eigenvalue weighted by Crippen LogP contribution is -2.42. The molecule has 0 bridgehead atoms. The van der Waals surface area contributed by atoms with E-state index >= 15 is 0 Å². The molecule has 1 aromatic rings. The highest BCUT2D eigenvalue weighted by Crippen LogP contribution is 2.30. The van der Waals surface area contributed by atoms with Gasteiger partial charge >= 0.3 is 0 Å². The zero-order valence-corrected chi connectivity index (χ0v) is 17.2. The number of likely N-dealkylation sites (tertiary alicyclic amines) is 1.